The Morgan fingerprint density at radius 1 is 1.59 bits per heavy atom. The first-order valence-corrected chi connectivity index (χ1v) is 5.90. The average Bonchev–Trinajstić information content (AvgIpc) is 2.50. The van der Waals surface area contributed by atoms with E-state index in [0.717, 1.165) is 4.68 Å². The Morgan fingerprint density at radius 3 is 2.59 bits per heavy atom. The fourth-order valence-electron chi connectivity index (χ4n) is 1.18. The van der Waals surface area contributed by atoms with Crippen molar-refractivity contribution in [1.82, 2.24) is 15.1 Å². The normalized spacial score (nSPS) is 11.6. The van der Waals surface area contributed by atoms with E-state index in [1.807, 2.05) is 0 Å². The van der Waals surface area contributed by atoms with Crippen molar-refractivity contribution >= 4 is 34.5 Å². The molecule has 0 atom stereocenters. The zero-order chi connectivity index (χ0) is 13.2. The summed E-state index contributed by atoms with van der Waals surface area (Å²) in [5.41, 5.74) is -1.28. The van der Waals surface area contributed by atoms with Gasteiger partial charge in [0.1, 0.15) is 5.69 Å². The molecular weight excluding hydrogens is 323 g/mol. The van der Waals surface area contributed by atoms with Gasteiger partial charge in [-0.3, -0.25) is 9.48 Å². The number of thiol groups is 1. The van der Waals surface area contributed by atoms with E-state index in [1.54, 1.807) is 0 Å². The van der Waals surface area contributed by atoms with Gasteiger partial charge in [-0.05, 0) is 15.9 Å². The standard InChI is InChI=1S/C8H9BrF3N3OS/c1-15-5(7(16)13-2-3-17)4(9)6(14-15)8(10,11)12/h17H,2-3H2,1H3,(H,13,16). The van der Waals surface area contributed by atoms with Crippen LogP contribution < -0.4 is 5.32 Å². The maximum atomic E-state index is 12.5. The Balaban J connectivity index is 3.10. The van der Waals surface area contributed by atoms with Crippen LogP contribution in [0.2, 0.25) is 0 Å². The van der Waals surface area contributed by atoms with Gasteiger partial charge in [0.25, 0.3) is 5.91 Å². The van der Waals surface area contributed by atoms with Crippen LogP contribution in [0, 0.1) is 0 Å². The first-order valence-electron chi connectivity index (χ1n) is 4.47. The number of hydrogen-bond acceptors (Lipinski definition) is 3. The lowest BCUT2D eigenvalue weighted by molar-refractivity contribution is -0.142. The van der Waals surface area contributed by atoms with E-state index < -0.39 is 17.8 Å². The summed E-state index contributed by atoms with van der Waals surface area (Å²) in [7, 11) is 1.27. The lowest BCUT2D eigenvalue weighted by atomic mass is 10.3. The SMILES string of the molecule is Cn1nc(C(F)(F)F)c(Br)c1C(=O)NCCS. The van der Waals surface area contributed by atoms with Crippen molar-refractivity contribution in [2.75, 3.05) is 12.3 Å². The summed E-state index contributed by atoms with van der Waals surface area (Å²) in [4.78, 5) is 11.6. The molecule has 0 aliphatic rings. The monoisotopic (exact) mass is 331 g/mol. The quantitative estimate of drug-likeness (QED) is 0.830. The van der Waals surface area contributed by atoms with Gasteiger partial charge in [0, 0.05) is 19.3 Å². The number of aryl methyl sites for hydroxylation is 1. The molecule has 4 nitrogen and oxygen atoms in total. The van der Waals surface area contributed by atoms with E-state index in [-0.39, 0.29) is 16.7 Å². The van der Waals surface area contributed by atoms with Gasteiger partial charge in [-0.2, -0.15) is 30.9 Å². The molecule has 1 amide bonds. The smallest absolute Gasteiger partial charge is 0.350 e. The number of hydrogen-bond donors (Lipinski definition) is 2. The predicted molar refractivity (Wildman–Crippen MR) is 62.1 cm³/mol. The summed E-state index contributed by atoms with van der Waals surface area (Å²) in [6.07, 6.45) is -4.60. The maximum absolute atomic E-state index is 12.5. The topological polar surface area (TPSA) is 46.9 Å². The van der Waals surface area contributed by atoms with Gasteiger partial charge in [-0.25, -0.2) is 0 Å². The van der Waals surface area contributed by atoms with E-state index in [2.05, 4.69) is 39.0 Å². The molecule has 1 N–H and O–H groups in total. The molecule has 1 aromatic heterocycles. The fourth-order valence-corrected chi connectivity index (χ4v) is 2.03. The Kier molecular flexibility index (Phi) is 4.48. The number of nitrogens with zero attached hydrogens (tertiary/aromatic N) is 2. The summed E-state index contributed by atoms with van der Waals surface area (Å²) < 4.78 is 38.1. The van der Waals surface area contributed by atoms with E-state index >= 15 is 0 Å². The molecule has 0 radical (unpaired) electrons. The largest absolute Gasteiger partial charge is 0.436 e. The van der Waals surface area contributed by atoms with E-state index in [4.69, 9.17) is 0 Å². The Morgan fingerprint density at radius 2 is 2.18 bits per heavy atom. The van der Waals surface area contributed by atoms with Crippen molar-refractivity contribution in [3.05, 3.63) is 15.9 Å². The van der Waals surface area contributed by atoms with Gasteiger partial charge in [-0.1, -0.05) is 0 Å². The maximum Gasteiger partial charge on any atom is 0.436 e. The molecule has 1 rings (SSSR count). The van der Waals surface area contributed by atoms with Gasteiger partial charge in [-0.15, -0.1) is 0 Å². The highest BCUT2D eigenvalue weighted by molar-refractivity contribution is 9.10. The van der Waals surface area contributed by atoms with Crippen LogP contribution in [0.15, 0.2) is 4.47 Å². The molecule has 0 saturated carbocycles. The molecule has 1 heterocycles. The van der Waals surface area contributed by atoms with Crippen LogP contribution in [0.1, 0.15) is 16.2 Å². The van der Waals surface area contributed by atoms with Crippen molar-refractivity contribution in [3.8, 4) is 0 Å². The summed E-state index contributed by atoms with van der Waals surface area (Å²) >= 11 is 6.63. The minimum Gasteiger partial charge on any atom is -0.350 e. The number of rotatable bonds is 3. The lowest BCUT2D eigenvalue weighted by Crippen LogP contribution is -2.27. The Bertz CT molecular complexity index is 432. The fraction of sp³-hybridized carbons (Fsp3) is 0.500. The number of nitrogens with one attached hydrogen (secondary N) is 1. The third kappa shape index (κ3) is 3.15. The molecule has 9 heteroatoms. The third-order valence-electron chi connectivity index (χ3n) is 1.87. The average molecular weight is 332 g/mol. The van der Waals surface area contributed by atoms with Crippen LogP contribution in [0.3, 0.4) is 0 Å². The van der Waals surface area contributed by atoms with Gasteiger partial charge in [0.15, 0.2) is 5.69 Å². The van der Waals surface area contributed by atoms with E-state index in [1.165, 1.54) is 7.05 Å². The molecule has 0 bridgehead atoms. The van der Waals surface area contributed by atoms with E-state index in [0.29, 0.717) is 5.75 Å². The van der Waals surface area contributed by atoms with E-state index in [9.17, 15) is 18.0 Å². The minimum atomic E-state index is -4.60. The van der Waals surface area contributed by atoms with Crippen LogP contribution in [0.4, 0.5) is 13.2 Å². The van der Waals surface area contributed by atoms with Crippen LogP contribution in [-0.4, -0.2) is 28.0 Å². The van der Waals surface area contributed by atoms with Crippen molar-refractivity contribution in [3.63, 3.8) is 0 Å². The molecule has 0 aliphatic heterocycles. The highest BCUT2D eigenvalue weighted by Gasteiger charge is 2.39. The Hall–Kier alpha value is -0.700. The number of carbonyl (C=O) groups is 1. The summed E-state index contributed by atoms with van der Waals surface area (Å²) in [6, 6.07) is 0. The molecule has 0 aromatic carbocycles. The van der Waals surface area contributed by atoms with Crippen molar-refractivity contribution < 1.29 is 18.0 Å². The number of carbonyl (C=O) groups excluding carboxylic acids is 1. The number of alkyl halides is 3. The molecule has 96 valence electrons. The molecule has 0 saturated heterocycles. The van der Waals surface area contributed by atoms with Crippen molar-refractivity contribution in [2.45, 2.75) is 6.18 Å². The molecule has 0 spiro atoms. The van der Waals surface area contributed by atoms with Gasteiger partial charge >= 0.3 is 6.18 Å². The summed E-state index contributed by atoms with van der Waals surface area (Å²) in [5, 5.41) is 5.70. The molecule has 17 heavy (non-hydrogen) atoms. The van der Waals surface area contributed by atoms with Crippen LogP contribution in [0.5, 0.6) is 0 Å². The minimum absolute atomic E-state index is 0.167. The summed E-state index contributed by atoms with van der Waals surface area (Å²) in [5.74, 6) is -0.232. The molecule has 0 unspecified atom stereocenters. The van der Waals surface area contributed by atoms with Crippen LogP contribution in [-0.2, 0) is 13.2 Å². The second kappa shape index (κ2) is 5.30. The molecule has 0 fully saturated rings. The van der Waals surface area contributed by atoms with Crippen molar-refractivity contribution in [1.29, 1.82) is 0 Å². The highest BCUT2D eigenvalue weighted by atomic mass is 79.9. The van der Waals surface area contributed by atoms with Crippen LogP contribution in [0.25, 0.3) is 0 Å². The Labute approximate surface area is 109 Å². The number of amides is 1. The highest BCUT2D eigenvalue weighted by Crippen LogP contribution is 2.35. The molecular formula is C8H9BrF3N3OS. The molecule has 1 aromatic rings. The predicted octanol–water partition coefficient (Wildman–Crippen LogP) is 1.86. The second-order valence-electron chi connectivity index (χ2n) is 3.11. The first-order chi connectivity index (χ1) is 7.79. The zero-order valence-corrected chi connectivity index (χ0v) is 11.2. The third-order valence-corrected chi connectivity index (χ3v) is 2.85. The van der Waals surface area contributed by atoms with Gasteiger partial charge in [0.05, 0.1) is 4.47 Å². The lowest BCUT2D eigenvalue weighted by Gasteiger charge is -2.04. The number of aromatic nitrogens is 2. The summed E-state index contributed by atoms with van der Waals surface area (Å²) in [6.45, 7) is 0.265. The second-order valence-corrected chi connectivity index (χ2v) is 4.35. The van der Waals surface area contributed by atoms with Crippen LogP contribution >= 0.6 is 28.6 Å². The molecule has 0 aliphatic carbocycles. The zero-order valence-electron chi connectivity index (χ0n) is 8.68. The first kappa shape index (κ1) is 14.4. The van der Waals surface area contributed by atoms with Crippen molar-refractivity contribution in [2.24, 2.45) is 7.05 Å². The van der Waals surface area contributed by atoms with Gasteiger partial charge in [0.2, 0.25) is 0 Å². The van der Waals surface area contributed by atoms with Gasteiger partial charge < -0.3 is 5.32 Å². The number of halogens is 4.